The van der Waals surface area contributed by atoms with Crippen LogP contribution in [0.15, 0.2) is 95.9 Å². The lowest BCUT2D eigenvalue weighted by Crippen LogP contribution is -2.35. The number of rotatable bonds is 8. The minimum Gasteiger partial charge on any atom is -0.444 e. The Balaban J connectivity index is 1.33. The molecule has 0 atom stereocenters. The summed E-state index contributed by atoms with van der Waals surface area (Å²) in [6.07, 6.45) is -0.532. The number of fused-ring (bicyclic) bond motifs is 1. The van der Waals surface area contributed by atoms with E-state index in [9.17, 15) is 13.2 Å². The Bertz CT molecular complexity index is 1540. The van der Waals surface area contributed by atoms with Crippen LogP contribution in [-0.4, -0.2) is 52.8 Å². The highest BCUT2D eigenvalue weighted by atomic mass is 32.2. The van der Waals surface area contributed by atoms with Crippen molar-refractivity contribution in [2.24, 2.45) is 0 Å². The molecule has 0 spiro atoms. The van der Waals surface area contributed by atoms with E-state index < -0.39 is 16.1 Å². The van der Waals surface area contributed by atoms with E-state index in [1.54, 1.807) is 55.6 Å². The van der Waals surface area contributed by atoms with Crippen LogP contribution in [0.4, 0.5) is 16.2 Å². The predicted molar refractivity (Wildman–Crippen MR) is 152 cm³/mol. The first-order chi connectivity index (χ1) is 18.9. The maximum atomic E-state index is 13.5. The number of morpholine rings is 1. The fourth-order valence-corrected chi connectivity index (χ4v) is 5.89. The molecule has 0 saturated carbocycles. The number of hydrogen-bond donors (Lipinski definition) is 1. The SMILES string of the molecule is CN(C(=O)OCc1ccccc1)c1cccc2c(S(=O)(=O)Nc3ccc(CN4CCOCC4)cc3)cccc12. The molecule has 202 valence electrons. The molecular formula is C30H31N3O5S. The van der Waals surface area contributed by atoms with Crippen LogP contribution in [0.25, 0.3) is 10.8 Å². The number of ether oxygens (including phenoxy) is 2. The number of amides is 1. The van der Waals surface area contributed by atoms with Gasteiger partial charge in [0.15, 0.2) is 0 Å². The Morgan fingerprint density at radius 2 is 1.56 bits per heavy atom. The van der Waals surface area contributed by atoms with E-state index in [2.05, 4.69) is 9.62 Å². The zero-order valence-corrected chi connectivity index (χ0v) is 22.6. The molecule has 1 saturated heterocycles. The van der Waals surface area contributed by atoms with Gasteiger partial charge < -0.3 is 9.47 Å². The van der Waals surface area contributed by atoms with Crippen LogP contribution in [0.5, 0.6) is 0 Å². The normalized spacial score (nSPS) is 14.2. The van der Waals surface area contributed by atoms with Gasteiger partial charge in [-0.25, -0.2) is 13.2 Å². The predicted octanol–water partition coefficient (Wildman–Crippen LogP) is 5.25. The molecule has 1 heterocycles. The molecule has 39 heavy (non-hydrogen) atoms. The lowest BCUT2D eigenvalue weighted by molar-refractivity contribution is 0.0342. The highest BCUT2D eigenvalue weighted by Crippen LogP contribution is 2.32. The van der Waals surface area contributed by atoms with E-state index in [1.807, 2.05) is 42.5 Å². The third kappa shape index (κ3) is 6.39. The quantitative estimate of drug-likeness (QED) is 0.326. The molecule has 0 radical (unpaired) electrons. The van der Waals surface area contributed by atoms with Gasteiger partial charge >= 0.3 is 6.09 Å². The number of benzene rings is 4. The Morgan fingerprint density at radius 3 is 2.31 bits per heavy atom. The minimum absolute atomic E-state index is 0.130. The fourth-order valence-electron chi connectivity index (χ4n) is 4.61. The second kappa shape index (κ2) is 11.9. The summed E-state index contributed by atoms with van der Waals surface area (Å²) < 4.78 is 40.5. The van der Waals surface area contributed by atoms with Crippen molar-refractivity contribution in [1.29, 1.82) is 0 Å². The molecule has 4 aromatic carbocycles. The number of hydrogen-bond acceptors (Lipinski definition) is 6. The van der Waals surface area contributed by atoms with Gasteiger partial charge in [-0.1, -0.05) is 66.7 Å². The highest BCUT2D eigenvalue weighted by molar-refractivity contribution is 7.93. The summed E-state index contributed by atoms with van der Waals surface area (Å²) in [6, 6.07) is 27.1. The average molecular weight is 546 g/mol. The monoisotopic (exact) mass is 545 g/mol. The average Bonchev–Trinajstić information content (AvgIpc) is 2.97. The van der Waals surface area contributed by atoms with Crippen molar-refractivity contribution >= 4 is 38.3 Å². The van der Waals surface area contributed by atoms with Gasteiger partial charge in [-0.05, 0) is 35.4 Å². The van der Waals surface area contributed by atoms with Crippen LogP contribution >= 0.6 is 0 Å². The molecule has 1 N–H and O–H groups in total. The molecule has 1 aliphatic heterocycles. The highest BCUT2D eigenvalue weighted by Gasteiger charge is 2.21. The van der Waals surface area contributed by atoms with E-state index in [0.717, 1.165) is 44.0 Å². The summed E-state index contributed by atoms with van der Waals surface area (Å²) in [5, 5.41) is 1.13. The third-order valence-electron chi connectivity index (χ3n) is 6.70. The number of carbonyl (C=O) groups is 1. The number of nitrogens with zero attached hydrogens (tertiary/aromatic N) is 2. The van der Waals surface area contributed by atoms with Crippen molar-refractivity contribution in [3.05, 3.63) is 102 Å². The van der Waals surface area contributed by atoms with E-state index in [-0.39, 0.29) is 11.5 Å². The van der Waals surface area contributed by atoms with Crippen molar-refractivity contribution in [1.82, 2.24) is 4.90 Å². The van der Waals surface area contributed by atoms with Crippen molar-refractivity contribution in [3.63, 3.8) is 0 Å². The molecule has 1 amide bonds. The molecule has 0 unspecified atom stereocenters. The first-order valence-corrected chi connectivity index (χ1v) is 14.3. The minimum atomic E-state index is -3.90. The maximum Gasteiger partial charge on any atom is 0.414 e. The smallest absolute Gasteiger partial charge is 0.414 e. The number of sulfonamides is 1. The molecule has 1 fully saturated rings. The molecule has 9 heteroatoms. The number of nitrogens with one attached hydrogen (secondary N) is 1. The zero-order chi connectivity index (χ0) is 27.2. The van der Waals surface area contributed by atoms with Crippen molar-refractivity contribution in [3.8, 4) is 0 Å². The molecule has 4 aromatic rings. The van der Waals surface area contributed by atoms with Crippen molar-refractivity contribution < 1.29 is 22.7 Å². The lowest BCUT2D eigenvalue weighted by Gasteiger charge is -2.26. The summed E-state index contributed by atoms with van der Waals surface area (Å²) in [5.41, 5.74) is 3.02. The van der Waals surface area contributed by atoms with Gasteiger partial charge in [-0.2, -0.15) is 0 Å². The molecule has 0 aliphatic carbocycles. The van der Waals surface area contributed by atoms with Gasteiger partial charge in [0.25, 0.3) is 10.0 Å². The standard InChI is InChI=1S/C30H31N3O5S/c1-32(30(34)38-22-24-7-3-2-4-8-24)28-11-5-10-27-26(28)9-6-12-29(27)39(35,36)31-25-15-13-23(14-16-25)21-33-17-19-37-20-18-33/h2-16,31H,17-22H2,1H3. The van der Waals surface area contributed by atoms with Crippen LogP contribution < -0.4 is 9.62 Å². The Labute approximate surface area is 228 Å². The summed E-state index contributed by atoms with van der Waals surface area (Å²) >= 11 is 0. The second-order valence-electron chi connectivity index (χ2n) is 9.42. The Hall–Kier alpha value is -3.92. The summed E-state index contributed by atoms with van der Waals surface area (Å²) in [4.78, 5) is 16.6. The van der Waals surface area contributed by atoms with Crippen LogP contribution in [0.2, 0.25) is 0 Å². The van der Waals surface area contributed by atoms with Crippen LogP contribution in [0.1, 0.15) is 11.1 Å². The van der Waals surface area contributed by atoms with Crippen molar-refractivity contribution in [2.75, 3.05) is 43.0 Å². The molecule has 1 aliphatic rings. The van der Waals surface area contributed by atoms with Crippen molar-refractivity contribution in [2.45, 2.75) is 18.0 Å². The molecule has 8 nitrogen and oxygen atoms in total. The second-order valence-corrected chi connectivity index (χ2v) is 11.1. The first kappa shape index (κ1) is 26.7. The van der Waals surface area contributed by atoms with Gasteiger partial charge in [0.1, 0.15) is 6.61 Å². The first-order valence-electron chi connectivity index (χ1n) is 12.8. The summed E-state index contributed by atoms with van der Waals surface area (Å²) in [6.45, 7) is 4.17. The van der Waals surface area contributed by atoms with E-state index in [0.29, 0.717) is 22.1 Å². The van der Waals surface area contributed by atoms with E-state index >= 15 is 0 Å². The fraction of sp³-hybridized carbons (Fsp3) is 0.233. The third-order valence-corrected chi connectivity index (χ3v) is 8.14. The van der Waals surface area contributed by atoms with Gasteiger partial charge in [0, 0.05) is 43.1 Å². The maximum absolute atomic E-state index is 13.5. The molecule has 5 rings (SSSR count). The number of anilines is 2. The zero-order valence-electron chi connectivity index (χ0n) is 21.7. The summed E-state index contributed by atoms with van der Waals surface area (Å²) in [7, 11) is -2.29. The van der Waals surface area contributed by atoms with E-state index in [1.165, 1.54) is 4.90 Å². The topological polar surface area (TPSA) is 88.2 Å². The molecule has 0 aromatic heterocycles. The molecular weight excluding hydrogens is 514 g/mol. The van der Waals surface area contributed by atoms with Crippen LogP contribution in [0.3, 0.4) is 0 Å². The van der Waals surface area contributed by atoms with E-state index in [4.69, 9.17) is 9.47 Å². The van der Waals surface area contributed by atoms with Crippen LogP contribution in [-0.2, 0) is 32.6 Å². The number of carbonyl (C=O) groups excluding carboxylic acids is 1. The Morgan fingerprint density at radius 1 is 0.872 bits per heavy atom. The van der Waals surface area contributed by atoms with Gasteiger partial charge in [0.2, 0.25) is 0 Å². The van der Waals surface area contributed by atoms with Crippen LogP contribution in [0, 0.1) is 0 Å². The molecule has 0 bridgehead atoms. The summed E-state index contributed by atoms with van der Waals surface area (Å²) in [5.74, 6) is 0. The van der Waals surface area contributed by atoms with Gasteiger partial charge in [-0.3, -0.25) is 14.5 Å². The van der Waals surface area contributed by atoms with Gasteiger partial charge in [-0.15, -0.1) is 0 Å². The van der Waals surface area contributed by atoms with Gasteiger partial charge in [0.05, 0.1) is 23.8 Å². The largest absolute Gasteiger partial charge is 0.444 e. The Kier molecular flexibility index (Phi) is 8.11. The lowest BCUT2D eigenvalue weighted by atomic mass is 10.1.